The zero-order chi connectivity index (χ0) is 17.4. The van der Waals surface area contributed by atoms with Crippen molar-refractivity contribution in [1.29, 1.82) is 0 Å². The largest absolute Gasteiger partial charge is 0.357 e. The summed E-state index contributed by atoms with van der Waals surface area (Å²) in [6.45, 7) is 8.06. The van der Waals surface area contributed by atoms with Crippen molar-refractivity contribution in [1.82, 2.24) is 15.5 Å². The van der Waals surface area contributed by atoms with Gasteiger partial charge in [-0.25, -0.2) is 4.99 Å². The van der Waals surface area contributed by atoms with Gasteiger partial charge in [0.25, 0.3) is 0 Å². The Kier molecular flexibility index (Phi) is 7.10. The van der Waals surface area contributed by atoms with Gasteiger partial charge in [-0.2, -0.15) is 0 Å². The molecule has 1 aliphatic carbocycles. The smallest absolute Gasteiger partial charge is 0.191 e. The van der Waals surface area contributed by atoms with Gasteiger partial charge in [0.05, 0.1) is 6.54 Å². The van der Waals surface area contributed by atoms with Crippen LogP contribution < -0.4 is 10.6 Å². The molecule has 1 aromatic carbocycles. The molecule has 2 rings (SSSR count). The molecule has 4 nitrogen and oxygen atoms in total. The first-order valence-corrected chi connectivity index (χ1v) is 9.31. The van der Waals surface area contributed by atoms with E-state index in [-0.39, 0.29) is 0 Å². The van der Waals surface area contributed by atoms with Gasteiger partial charge in [-0.05, 0) is 56.8 Å². The van der Waals surface area contributed by atoms with Crippen LogP contribution in [0.4, 0.5) is 0 Å². The molecule has 4 heteroatoms. The monoisotopic (exact) mass is 330 g/mol. The molecular weight excluding hydrogens is 296 g/mol. The van der Waals surface area contributed by atoms with Crippen molar-refractivity contribution in [2.45, 2.75) is 52.6 Å². The van der Waals surface area contributed by atoms with E-state index in [9.17, 15) is 0 Å². The Labute approximate surface area is 147 Å². The van der Waals surface area contributed by atoms with E-state index < -0.39 is 0 Å². The predicted octanol–water partition coefficient (Wildman–Crippen LogP) is 3.38. The molecule has 0 atom stereocenters. The van der Waals surface area contributed by atoms with Crippen molar-refractivity contribution in [3.63, 3.8) is 0 Å². The van der Waals surface area contributed by atoms with E-state index in [2.05, 4.69) is 67.7 Å². The van der Waals surface area contributed by atoms with Crippen LogP contribution in [0.3, 0.4) is 0 Å². The van der Waals surface area contributed by atoms with Crippen LogP contribution in [0.15, 0.2) is 29.3 Å². The number of hydrogen-bond donors (Lipinski definition) is 2. The third kappa shape index (κ3) is 5.52. The van der Waals surface area contributed by atoms with Crippen molar-refractivity contribution >= 4 is 5.96 Å². The van der Waals surface area contributed by atoms with Crippen LogP contribution in [-0.2, 0) is 13.1 Å². The highest BCUT2D eigenvalue weighted by Crippen LogP contribution is 2.42. The summed E-state index contributed by atoms with van der Waals surface area (Å²) in [5.74, 6) is 0.939. The van der Waals surface area contributed by atoms with Gasteiger partial charge in [-0.15, -0.1) is 0 Å². The number of nitrogens with one attached hydrogen (secondary N) is 2. The van der Waals surface area contributed by atoms with E-state index >= 15 is 0 Å². The first kappa shape index (κ1) is 18.8. The summed E-state index contributed by atoms with van der Waals surface area (Å²) in [5, 5.41) is 6.92. The van der Waals surface area contributed by atoms with E-state index in [1.165, 1.54) is 36.8 Å². The summed E-state index contributed by atoms with van der Waals surface area (Å²) >= 11 is 0. The van der Waals surface area contributed by atoms with Gasteiger partial charge in [-0.1, -0.05) is 37.6 Å². The Morgan fingerprint density at radius 2 is 1.75 bits per heavy atom. The Hall–Kier alpha value is -1.55. The minimum Gasteiger partial charge on any atom is -0.357 e. The predicted molar refractivity (Wildman–Crippen MR) is 103 cm³/mol. The summed E-state index contributed by atoms with van der Waals surface area (Å²) < 4.78 is 0. The first-order valence-electron chi connectivity index (χ1n) is 9.31. The quantitative estimate of drug-likeness (QED) is 0.567. The van der Waals surface area contributed by atoms with E-state index in [4.69, 9.17) is 4.99 Å². The first-order chi connectivity index (χ1) is 11.6. The zero-order valence-corrected chi connectivity index (χ0v) is 15.9. The lowest BCUT2D eigenvalue weighted by Gasteiger charge is -2.41. The topological polar surface area (TPSA) is 39.7 Å². The number of guanidine groups is 1. The number of rotatable bonds is 8. The third-order valence-corrected chi connectivity index (χ3v) is 5.08. The lowest BCUT2D eigenvalue weighted by atomic mass is 9.67. The maximum Gasteiger partial charge on any atom is 0.191 e. The van der Waals surface area contributed by atoms with Crippen LogP contribution in [0, 0.1) is 5.41 Å². The molecule has 0 aliphatic heterocycles. The normalized spacial score (nSPS) is 16.8. The minimum atomic E-state index is 0.504. The second-order valence-corrected chi connectivity index (χ2v) is 7.31. The highest BCUT2D eigenvalue weighted by molar-refractivity contribution is 5.79. The van der Waals surface area contributed by atoms with E-state index in [1.807, 2.05) is 0 Å². The van der Waals surface area contributed by atoms with Crippen LogP contribution in [0.25, 0.3) is 0 Å². The standard InChI is InChI=1S/C20H34N4/c1-5-20(12-7-13-20)16-23-19(21-6-2)22-14-17-8-10-18(11-9-17)15-24(3)4/h8-11H,5-7,12-16H2,1-4H3,(H2,21,22,23). The third-order valence-electron chi connectivity index (χ3n) is 5.08. The van der Waals surface area contributed by atoms with Gasteiger partial charge < -0.3 is 15.5 Å². The van der Waals surface area contributed by atoms with Gasteiger partial charge in [0.15, 0.2) is 5.96 Å². The van der Waals surface area contributed by atoms with Crippen molar-refractivity contribution in [3.05, 3.63) is 35.4 Å². The van der Waals surface area contributed by atoms with E-state index in [1.54, 1.807) is 0 Å². The summed E-state index contributed by atoms with van der Waals surface area (Å²) in [7, 11) is 4.19. The van der Waals surface area contributed by atoms with E-state index in [0.29, 0.717) is 5.41 Å². The molecule has 0 spiro atoms. The second kappa shape index (κ2) is 9.07. The fourth-order valence-corrected chi connectivity index (χ4v) is 3.23. The lowest BCUT2D eigenvalue weighted by Crippen LogP contribution is -2.46. The molecule has 1 aromatic rings. The van der Waals surface area contributed by atoms with Crippen molar-refractivity contribution in [3.8, 4) is 0 Å². The van der Waals surface area contributed by atoms with Crippen molar-refractivity contribution < 1.29 is 0 Å². The molecular formula is C20H34N4. The summed E-state index contributed by atoms with van der Waals surface area (Å²) in [4.78, 5) is 6.94. The molecule has 24 heavy (non-hydrogen) atoms. The van der Waals surface area contributed by atoms with Gasteiger partial charge in [0.1, 0.15) is 0 Å². The molecule has 2 N–H and O–H groups in total. The van der Waals surface area contributed by atoms with Crippen LogP contribution in [-0.4, -0.2) is 38.0 Å². The molecule has 0 amide bonds. The van der Waals surface area contributed by atoms with Gasteiger partial charge >= 0.3 is 0 Å². The molecule has 1 saturated carbocycles. The molecule has 134 valence electrons. The van der Waals surface area contributed by atoms with Crippen LogP contribution in [0.5, 0.6) is 0 Å². The van der Waals surface area contributed by atoms with Gasteiger partial charge in [0, 0.05) is 19.6 Å². The van der Waals surface area contributed by atoms with E-state index in [0.717, 1.165) is 32.1 Å². The molecule has 0 saturated heterocycles. The number of benzene rings is 1. The Balaban J connectivity index is 1.90. The number of nitrogens with zero attached hydrogens (tertiary/aromatic N) is 2. The Bertz CT molecular complexity index is 509. The second-order valence-electron chi connectivity index (χ2n) is 7.31. The maximum absolute atomic E-state index is 4.75. The molecule has 1 aliphatic rings. The van der Waals surface area contributed by atoms with Crippen molar-refractivity contribution in [2.24, 2.45) is 10.4 Å². The molecule has 1 fully saturated rings. The Morgan fingerprint density at radius 3 is 2.25 bits per heavy atom. The minimum absolute atomic E-state index is 0.504. The van der Waals surface area contributed by atoms with Crippen molar-refractivity contribution in [2.75, 3.05) is 27.2 Å². The SMILES string of the molecule is CCNC(=NCc1ccc(CN(C)C)cc1)NCC1(CC)CCC1. The van der Waals surface area contributed by atoms with Crippen LogP contribution >= 0.6 is 0 Å². The summed E-state index contributed by atoms with van der Waals surface area (Å²) in [5.41, 5.74) is 3.10. The maximum atomic E-state index is 4.75. The number of aliphatic imine (C=N–C) groups is 1. The molecule has 0 bridgehead atoms. The highest BCUT2D eigenvalue weighted by Gasteiger charge is 2.34. The number of hydrogen-bond acceptors (Lipinski definition) is 2. The fraction of sp³-hybridized carbons (Fsp3) is 0.650. The van der Waals surface area contributed by atoms with Crippen LogP contribution in [0.2, 0.25) is 0 Å². The molecule has 0 unspecified atom stereocenters. The van der Waals surface area contributed by atoms with Crippen LogP contribution in [0.1, 0.15) is 50.7 Å². The average molecular weight is 331 g/mol. The molecule has 0 heterocycles. The lowest BCUT2D eigenvalue weighted by molar-refractivity contribution is 0.131. The van der Waals surface area contributed by atoms with Gasteiger partial charge in [-0.3, -0.25) is 0 Å². The zero-order valence-electron chi connectivity index (χ0n) is 15.9. The Morgan fingerprint density at radius 1 is 1.08 bits per heavy atom. The summed E-state index contributed by atoms with van der Waals surface area (Å²) in [6.07, 6.45) is 5.34. The average Bonchev–Trinajstić information content (AvgIpc) is 2.52. The molecule has 0 radical (unpaired) electrons. The molecule has 0 aromatic heterocycles. The van der Waals surface area contributed by atoms with Gasteiger partial charge in [0.2, 0.25) is 0 Å². The highest BCUT2D eigenvalue weighted by atomic mass is 15.2. The summed E-state index contributed by atoms with van der Waals surface area (Å²) in [6, 6.07) is 8.77. The fourth-order valence-electron chi connectivity index (χ4n) is 3.23.